The average Bonchev–Trinajstić information content (AvgIpc) is 3.14. The van der Waals surface area contributed by atoms with Crippen LogP contribution in [0.3, 0.4) is 0 Å². The van der Waals surface area contributed by atoms with Crippen molar-refractivity contribution in [1.29, 1.82) is 0 Å². The van der Waals surface area contributed by atoms with E-state index in [-0.39, 0.29) is 24.3 Å². The van der Waals surface area contributed by atoms with E-state index in [0.717, 1.165) is 5.56 Å². The van der Waals surface area contributed by atoms with Crippen LogP contribution in [-0.4, -0.2) is 128 Å². The van der Waals surface area contributed by atoms with Crippen molar-refractivity contribution in [2.24, 2.45) is 5.73 Å². The van der Waals surface area contributed by atoms with Crippen molar-refractivity contribution >= 4 is 89.5 Å². The summed E-state index contributed by atoms with van der Waals surface area (Å²) in [5, 5.41) is 48.9. The molecule has 5 amide bonds. The maximum absolute atomic E-state index is 13.8. The number of nitrogens with one attached hydrogen (secondary N) is 5. The molecular weight excluding hydrogens is 789 g/mol. The molecule has 0 aromatic heterocycles. The molecule has 0 aliphatic rings. The van der Waals surface area contributed by atoms with Gasteiger partial charge < -0.3 is 52.7 Å². The summed E-state index contributed by atoms with van der Waals surface area (Å²) in [5.74, 6) is -10.6. The summed E-state index contributed by atoms with van der Waals surface area (Å²) in [6, 6.07) is -2.17. The van der Waals surface area contributed by atoms with E-state index in [1.54, 1.807) is 49.6 Å². The predicted molar refractivity (Wildman–Crippen MR) is 213 cm³/mol. The number of carboxylic acids is 4. The zero-order valence-electron chi connectivity index (χ0n) is 31.4. The van der Waals surface area contributed by atoms with Gasteiger partial charge in [-0.1, -0.05) is 43.0 Å². The Morgan fingerprint density at radius 1 is 0.702 bits per heavy atom. The van der Waals surface area contributed by atoms with Gasteiger partial charge in [0, 0.05) is 25.0 Å². The smallest absolute Gasteiger partial charge is 0.327 e. The van der Waals surface area contributed by atoms with Gasteiger partial charge in [-0.3, -0.25) is 38.4 Å². The van der Waals surface area contributed by atoms with Gasteiger partial charge in [-0.2, -0.15) is 24.4 Å². The standard InChI is InChI=1S/C36H50N6O13S2/c1-4-7-20-8-5-6-9-21(20)19(2)16-26(35(53)42-27(18-56)36(54)55)41-33(51)24(11-13-29(45)46)39-34(52)25(14-15-57-3)40-32(50)23(10-12-28(43)44)38-31(49)22(37)17-30(47)48/h4-9,22-27,56H,2,10-18,37H2,1,3H3,(H,38,49)(H,39,52)(H,40,50)(H,41,51)(H,42,53)(H,43,44)(H,45,46)(H,47,48)(H,54,55)/b7-4-/t22-,23-,24-,25-,26-,27-/m0/s1. The van der Waals surface area contributed by atoms with E-state index in [1.807, 2.05) is 0 Å². The number of nitrogens with two attached hydrogens (primary N) is 1. The van der Waals surface area contributed by atoms with Crippen molar-refractivity contribution in [3.05, 3.63) is 48.0 Å². The van der Waals surface area contributed by atoms with Crippen LogP contribution in [0, 0.1) is 0 Å². The monoisotopic (exact) mass is 838 g/mol. The number of carbonyl (C=O) groups excluding carboxylic acids is 5. The molecule has 0 heterocycles. The largest absolute Gasteiger partial charge is 0.481 e. The first-order valence-electron chi connectivity index (χ1n) is 17.5. The van der Waals surface area contributed by atoms with Gasteiger partial charge in [0.2, 0.25) is 29.5 Å². The summed E-state index contributed by atoms with van der Waals surface area (Å²) in [4.78, 5) is 113. The van der Waals surface area contributed by atoms with Crippen molar-refractivity contribution in [3.8, 4) is 0 Å². The molecule has 0 bridgehead atoms. The third-order valence-electron chi connectivity index (χ3n) is 8.10. The summed E-state index contributed by atoms with van der Waals surface area (Å²) in [6.45, 7) is 5.85. The quantitative estimate of drug-likeness (QED) is 0.0513. The topological polar surface area (TPSA) is 321 Å². The van der Waals surface area contributed by atoms with Crippen LogP contribution < -0.4 is 32.3 Å². The van der Waals surface area contributed by atoms with Gasteiger partial charge >= 0.3 is 23.9 Å². The Morgan fingerprint density at radius 3 is 1.61 bits per heavy atom. The van der Waals surface area contributed by atoms with Crippen molar-refractivity contribution in [3.63, 3.8) is 0 Å². The maximum atomic E-state index is 13.8. The lowest BCUT2D eigenvalue weighted by atomic mass is 9.94. The predicted octanol–water partition coefficient (Wildman–Crippen LogP) is -0.154. The van der Waals surface area contributed by atoms with E-state index in [9.17, 15) is 58.5 Å². The van der Waals surface area contributed by atoms with E-state index < -0.39 is 122 Å². The SMILES string of the molecule is C=C(C[C@H](NC(=O)[C@H](CCC(=O)O)NC(=O)[C@H](CCSC)NC(=O)[C@H](CCC(=O)O)NC(=O)[C@@H](N)CC(=O)O)C(=O)N[C@@H](CS)C(=O)O)c1ccccc1/C=C\C. The number of benzene rings is 1. The molecule has 21 heteroatoms. The van der Waals surface area contributed by atoms with Gasteiger partial charge in [0.05, 0.1) is 12.5 Å². The number of hydrogen-bond acceptors (Lipinski definition) is 12. The molecule has 0 aliphatic heterocycles. The molecule has 0 unspecified atom stereocenters. The molecule has 6 atom stereocenters. The number of rotatable bonds is 27. The molecule has 0 radical (unpaired) electrons. The highest BCUT2D eigenvalue weighted by Crippen LogP contribution is 2.24. The first-order chi connectivity index (χ1) is 26.8. The lowest BCUT2D eigenvalue weighted by Crippen LogP contribution is -2.59. The number of aliphatic carboxylic acids is 4. The van der Waals surface area contributed by atoms with Crippen LogP contribution in [0.4, 0.5) is 0 Å². The van der Waals surface area contributed by atoms with Crippen molar-refractivity contribution in [1.82, 2.24) is 26.6 Å². The van der Waals surface area contributed by atoms with Gasteiger partial charge in [0.1, 0.15) is 30.2 Å². The Kier molecular flexibility index (Phi) is 22.4. The summed E-state index contributed by atoms with van der Waals surface area (Å²) >= 11 is 5.24. The number of allylic oxidation sites excluding steroid dienone is 1. The number of thioether (sulfide) groups is 1. The molecule has 314 valence electrons. The highest BCUT2D eigenvalue weighted by molar-refractivity contribution is 7.98. The molecule has 0 fully saturated rings. The number of amides is 5. The molecule has 11 N–H and O–H groups in total. The number of hydrogen-bond donors (Lipinski definition) is 11. The molecule has 19 nitrogen and oxygen atoms in total. The van der Waals surface area contributed by atoms with Crippen LogP contribution in [0.2, 0.25) is 0 Å². The molecule has 0 spiro atoms. The fourth-order valence-corrected chi connectivity index (χ4v) is 5.84. The fourth-order valence-electron chi connectivity index (χ4n) is 5.12. The third-order valence-corrected chi connectivity index (χ3v) is 9.11. The second-order valence-electron chi connectivity index (χ2n) is 12.6. The second kappa shape index (κ2) is 25.7. The summed E-state index contributed by atoms with van der Waals surface area (Å²) in [7, 11) is 0. The second-order valence-corrected chi connectivity index (χ2v) is 13.9. The third kappa shape index (κ3) is 18.4. The van der Waals surface area contributed by atoms with Gasteiger partial charge in [0.15, 0.2) is 0 Å². The molecule has 1 rings (SSSR count). The highest BCUT2D eigenvalue weighted by Gasteiger charge is 2.33. The highest BCUT2D eigenvalue weighted by atomic mass is 32.2. The Balaban J connectivity index is 3.48. The minimum absolute atomic E-state index is 0.0685. The minimum Gasteiger partial charge on any atom is -0.481 e. The molecule has 0 saturated carbocycles. The molecule has 1 aromatic rings. The minimum atomic E-state index is -1.63. The number of thiol groups is 1. The van der Waals surface area contributed by atoms with Crippen LogP contribution in [0.5, 0.6) is 0 Å². The Morgan fingerprint density at radius 2 is 1.16 bits per heavy atom. The first-order valence-corrected chi connectivity index (χ1v) is 19.5. The summed E-state index contributed by atoms with van der Waals surface area (Å²) in [5.41, 5.74) is 7.29. The molecule has 0 saturated heterocycles. The average molecular weight is 839 g/mol. The van der Waals surface area contributed by atoms with E-state index in [1.165, 1.54) is 11.8 Å². The zero-order valence-corrected chi connectivity index (χ0v) is 33.1. The molecule has 57 heavy (non-hydrogen) atoms. The van der Waals surface area contributed by atoms with Gasteiger partial charge in [0.25, 0.3) is 0 Å². The summed E-state index contributed by atoms with van der Waals surface area (Å²) < 4.78 is 0. The van der Waals surface area contributed by atoms with Crippen LogP contribution in [0.15, 0.2) is 36.9 Å². The van der Waals surface area contributed by atoms with Crippen LogP contribution >= 0.6 is 24.4 Å². The molecule has 0 aliphatic carbocycles. The lowest BCUT2D eigenvalue weighted by molar-refractivity contribution is -0.141. The Bertz CT molecular complexity index is 1670. The summed E-state index contributed by atoms with van der Waals surface area (Å²) in [6.07, 6.45) is 1.91. The van der Waals surface area contributed by atoms with E-state index in [4.69, 9.17) is 10.8 Å². The van der Waals surface area contributed by atoms with Crippen molar-refractivity contribution < 1.29 is 63.6 Å². The molecular formula is C36H50N6O13S2. The van der Waals surface area contributed by atoms with Crippen LogP contribution in [0.25, 0.3) is 11.6 Å². The maximum Gasteiger partial charge on any atom is 0.327 e. The lowest BCUT2D eigenvalue weighted by Gasteiger charge is -2.27. The first kappa shape index (κ1) is 49.6. The van der Waals surface area contributed by atoms with E-state index >= 15 is 0 Å². The van der Waals surface area contributed by atoms with E-state index in [2.05, 4.69) is 45.8 Å². The number of carboxylic acid groups (broad SMARTS) is 4. The van der Waals surface area contributed by atoms with Gasteiger partial charge in [-0.25, -0.2) is 4.79 Å². The Labute approximate surface area is 338 Å². The van der Waals surface area contributed by atoms with Crippen molar-refractivity contribution in [2.75, 3.05) is 17.8 Å². The van der Waals surface area contributed by atoms with Crippen molar-refractivity contribution in [2.45, 2.75) is 88.1 Å². The Hall–Kier alpha value is -5.41. The molecule has 1 aromatic carbocycles. The zero-order chi connectivity index (χ0) is 43.2. The van der Waals surface area contributed by atoms with Gasteiger partial charge in [-0.05, 0) is 54.9 Å². The van der Waals surface area contributed by atoms with Crippen LogP contribution in [0.1, 0.15) is 63.0 Å². The normalized spacial score (nSPS) is 14.1. The van der Waals surface area contributed by atoms with Gasteiger partial charge in [-0.15, -0.1) is 0 Å². The van der Waals surface area contributed by atoms with Crippen LogP contribution in [-0.2, 0) is 43.2 Å². The fraction of sp³-hybridized carbons (Fsp3) is 0.472. The van der Waals surface area contributed by atoms with E-state index in [0.29, 0.717) is 11.1 Å². The number of carbonyl (C=O) groups is 9.